The lowest BCUT2D eigenvalue weighted by atomic mass is 10.2. The molecular formula is C26H19N3O8S. The molecule has 11 nitrogen and oxygen atoms in total. The maximum Gasteiger partial charge on any atom is 0.294 e. The highest BCUT2D eigenvalue weighted by molar-refractivity contribution is 8.18. The Morgan fingerprint density at radius 2 is 1.87 bits per heavy atom. The van der Waals surface area contributed by atoms with Gasteiger partial charge in [0.25, 0.3) is 16.8 Å². The number of benzene rings is 3. The van der Waals surface area contributed by atoms with Crippen molar-refractivity contribution >= 4 is 46.3 Å². The van der Waals surface area contributed by atoms with Crippen LogP contribution in [0, 0.1) is 10.1 Å². The first-order chi connectivity index (χ1) is 18.4. The molecule has 0 spiro atoms. The first kappa shape index (κ1) is 24.8. The van der Waals surface area contributed by atoms with E-state index in [0.29, 0.717) is 28.5 Å². The van der Waals surface area contributed by atoms with Gasteiger partial charge in [-0.1, -0.05) is 12.1 Å². The quantitative estimate of drug-likeness (QED) is 0.251. The van der Waals surface area contributed by atoms with Gasteiger partial charge in [-0.25, -0.2) is 0 Å². The second-order valence-electron chi connectivity index (χ2n) is 8.17. The van der Waals surface area contributed by atoms with E-state index in [9.17, 15) is 24.5 Å². The lowest BCUT2D eigenvalue weighted by Gasteiger charge is -2.12. The topological polar surface area (TPSA) is 137 Å². The van der Waals surface area contributed by atoms with Crippen molar-refractivity contribution in [3.8, 4) is 17.2 Å². The summed E-state index contributed by atoms with van der Waals surface area (Å²) in [5, 5.41) is 12.9. The molecule has 1 saturated heterocycles. The molecule has 3 aromatic rings. The monoisotopic (exact) mass is 533 g/mol. The molecule has 3 amide bonds. The fourth-order valence-electron chi connectivity index (χ4n) is 3.68. The van der Waals surface area contributed by atoms with Crippen LogP contribution in [0.1, 0.15) is 11.1 Å². The molecule has 12 heteroatoms. The second kappa shape index (κ2) is 10.6. The minimum atomic E-state index is -0.571. The molecule has 2 aliphatic heterocycles. The number of nitrogens with zero attached hydrogens (tertiary/aromatic N) is 2. The van der Waals surface area contributed by atoms with Crippen LogP contribution in [0.2, 0.25) is 0 Å². The average molecular weight is 534 g/mol. The zero-order valence-corrected chi connectivity index (χ0v) is 20.4. The zero-order chi connectivity index (χ0) is 26.6. The molecule has 5 rings (SSSR count). The van der Waals surface area contributed by atoms with E-state index < -0.39 is 28.5 Å². The number of anilines is 1. The molecule has 0 radical (unpaired) electrons. The number of nitro benzene ring substituents is 1. The highest BCUT2D eigenvalue weighted by Gasteiger charge is 2.36. The zero-order valence-electron chi connectivity index (χ0n) is 19.6. The normalized spacial score (nSPS) is 15.2. The van der Waals surface area contributed by atoms with Crippen LogP contribution in [-0.4, -0.2) is 40.2 Å². The fourth-order valence-corrected chi connectivity index (χ4v) is 4.52. The van der Waals surface area contributed by atoms with Gasteiger partial charge in [-0.05, 0) is 65.4 Å². The van der Waals surface area contributed by atoms with E-state index in [1.54, 1.807) is 60.7 Å². The third-order valence-corrected chi connectivity index (χ3v) is 6.45. The number of amides is 3. The van der Waals surface area contributed by atoms with Crippen molar-refractivity contribution < 1.29 is 33.5 Å². The molecule has 2 heterocycles. The number of rotatable bonds is 8. The van der Waals surface area contributed by atoms with E-state index in [1.165, 1.54) is 12.1 Å². The van der Waals surface area contributed by atoms with Gasteiger partial charge < -0.3 is 19.5 Å². The van der Waals surface area contributed by atoms with Gasteiger partial charge in [-0.2, -0.15) is 0 Å². The molecular weight excluding hydrogens is 514 g/mol. The molecule has 38 heavy (non-hydrogen) atoms. The molecule has 3 aromatic carbocycles. The second-order valence-corrected chi connectivity index (χ2v) is 9.16. The molecule has 192 valence electrons. The van der Waals surface area contributed by atoms with Gasteiger partial charge in [0.2, 0.25) is 12.7 Å². The number of fused-ring (bicyclic) bond motifs is 1. The van der Waals surface area contributed by atoms with Gasteiger partial charge in [0, 0.05) is 23.9 Å². The lowest BCUT2D eigenvalue weighted by molar-refractivity contribution is -0.384. The molecule has 1 N–H and O–H groups in total. The first-order valence-electron chi connectivity index (χ1n) is 11.3. The Bertz CT molecular complexity index is 1470. The molecule has 0 aliphatic carbocycles. The fraction of sp³-hybridized carbons (Fsp3) is 0.115. The summed E-state index contributed by atoms with van der Waals surface area (Å²) in [5.41, 5.74) is 1.82. The van der Waals surface area contributed by atoms with Gasteiger partial charge >= 0.3 is 0 Å². The van der Waals surface area contributed by atoms with Crippen LogP contribution in [-0.2, 0) is 16.2 Å². The minimum Gasteiger partial charge on any atom is -0.489 e. The van der Waals surface area contributed by atoms with Gasteiger partial charge in [-0.3, -0.25) is 29.4 Å². The SMILES string of the molecule is O=C(CN1C(=O)S/C(=C/c2cccc(OCc3ccc([N+](=O)[O-])cc3)c2)C1=O)Nc1ccc2c(c1)OCO2. The largest absolute Gasteiger partial charge is 0.489 e. The van der Waals surface area contributed by atoms with E-state index in [-0.39, 0.29) is 24.0 Å². The predicted molar refractivity (Wildman–Crippen MR) is 138 cm³/mol. The number of carbonyl (C=O) groups is 3. The third-order valence-electron chi connectivity index (χ3n) is 5.54. The van der Waals surface area contributed by atoms with E-state index in [1.807, 2.05) is 0 Å². The van der Waals surface area contributed by atoms with E-state index >= 15 is 0 Å². The number of hydrogen-bond donors (Lipinski definition) is 1. The van der Waals surface area contributed by atoms with Gasteiger partial charge in [0.1, 0.15) is 18.9 Å². The highest BCUT2D eigenvalue weighted by Crippen LogP contribution is 2.35. The highest BCUT2D eigenvalue weighted by atomic mass is 32.2. The summed E-state index contributed by atoms with van der Waals surface area (Å²) < 4.78 is 16.3. The van der Waals surface area contributed by atoms with Crippen LogP contribution in [0.25, 0.3) is 6.08 Å². The third kappa shape index (κ3) is 5.60. The Kier molecular flexibility index (Phi) is 6.96. The summed E-state index contributed by atoms with van der Waals surface area (Å²) in [4.78, 5) is 49.2. The molecule has 1 fully saturated rings. The van der Waals surface area contributed by atoms with Gasteiger partial charge in [-0.15, -0.1) is 0 Å². The van der Waals surface area contributed by atoms with Crippen LogP contribution in [0.15, 0.2) is 71.6 Å². The van der Waals surface area contributed by atoms with Gasteiger partial charge in [0.05, 0.1) is 9.83 Å². The Labute approximate surface area is 220 Å². The number of ether oxygens (including phenoxy) is 3. The molecule has 0 unspecified atom stereocenters. The number of nitro groups is 1. The number of imide groups is 1. The standard InChI is InChI=1S/C26H19N3O8S/c30-24(27-18-6-9-21-22(12-18)37-15-36-21)13-28-25(31)23(38-26(28)32)11-17-2-1-3-20(10-17)35-14-16-4-7-19(8-5-16)29(33)34/h1-12H,13-15H2,(H,27,30)/b23-11+. The van der Waals surface area contributed by atoms with Crippen LogP contribution in [0.5, 0.6) is 17.2 Å². The van der Waals surface area contributed by atoms with E-state index in [2.05, 4.69) is 5.32 Å². The maximum absolute atomic E-state index is 12.9. The van der Waals surface area contributed by atoms with Crippen molar-refractivity contribution in [2.75, 3.05) is 18.7 Å². The molecule has 0 bridgehead atoms. The molecule has 2 aliphatic rings. The van der Waals surface area contributed by atoms with Crippen molar-refractivity contribution in [3.05, 3.63) is 92.9 Å². The Morgan fingerprint density at radius 3 is 2.66 bits per heavy atom. The van der Waals surface area contributed by atoms with Gasteiger partial charge in [0.15, 0.2) is 11.5 Å². The Hall–Kier alpha value is -4.84. The Morgan fingerprint density at radius 1 is 1.08 bits per heavy atom. The van der Waals surface area contributed by atoms with E-state index in [0.717, 1.165) is 22.2 Å². The summed E-state index contributed by atoms with van der Waals surface area (Å²) in [6.07, 6.45) is 1.55. The first-order valence-corrected chi connectivity index (χ1v) is 12.1. The van der Waals surface area contributed by atoms with Crippen LogP contribution < -0.4 is 19.5 Å². The predicted octanol–water partition coefficient (Wildman–Crippen LogP) is 4.58. The number of nitrogens with one attached hydrogen (secondary N) is 1. The lowest BCUT2D eigenvalue weighted by Crippen LogP contribution is -2.36. The summed E-state index contributed by atoms with van der Waals surface area (Å²) >= 11 is 0.747. The summed E-state index contributed by atoms with van der Waals surface area (Å²) in [6.45, 7) is -0.143. The number of hydrogen-bond acceptors (Lipinski definition) is 9. The van der Waals surface area contributed by atoms with Crippen molar-refractivity contribution in [2.45, 2.75) is 6.61 Å². The van der Waals surface area contributed by atoms with Crippen molar-refractivity contribution in [1.82, 2.24) is 4.90 Å². The number of carbonyl (C=O) groups excluding carboxylic acids is 3. The van der Waals surface area contributed by atoms with Crippen LogP contribution in [0.4, 0.5) is 16.2 Å². The summed E-state index contributed by atoms with van der Waals surface area (Å²) in [6, 6.07) is 17.8. The van der Waals surface area contributed by atoms with E-state index in [4.69, 9.17) is 14.2 Å². The number of thioether (sulfide) groups is 1. The molecule has 0 aromatic heterocycles. The molecule has 0 saturated carbocycles. The van der Waals surface area contributed by atoms with Crippen molar-refractivity contribution in [1.29, 1.82) is 0 Å². The minimum absolute atomic E-state index is 0.00453. The molecule has 0 atom stereocenters. The van der Waals surface area contributed by atoms with Crippen LogP contribution in [0.3, 0.4) is 0 Å². The Balaban J connectivity index is 1.20. The smallest absolute Gasteiger partial charge is 0.294 e. The van der Waals surface area contributed by atoms with Crippen LogP contribution >= 0.6 is 11.8 Å². The number of non-ortho nitro benzene ring substituents is 1. The summed E-state index contributed by atoms with van der Waals surface area (Å²) in [7, 11) is 0. The average Bonchev–Trinajstić information content (AvgIpc) is 3.47. The van der Waals surface area contributed by atoms with Crippen molar-refractivity contribution in [3.63, 3.8) is 0 Å². The van der Waals surface area contributed by atoms with Crippen molar-refractivity contribution in [2.24, 2.45) is 0 Å². The maximum atomic E-state index is 12.9. The summed E-state index contributed by atoms with van der Waals surface area (Å²) in [5.74, 6) is 0.474.